The summed E-state index contributed by atoms with van der Waals surface area (Å²) in [5.41, 5.74) is 3.95. The van der Waals surface area contributed by atoms with Crippen molar-refractivity contribution < 1.29 is 13.2 Å². The van der Waals surface area contributed by atoms with Crippen LogP contribution in [0.4, 0.5) is 0 Å². The fourth-order valence-electron chi connectivity index (χ4n) is 5.30. The van der Waals surface area contributed by atoms with E-state index in [-0.39, 0.29) is 16.7 Å². The Balaban J connectivity index is 1.73. The number of hydrogen-bond donors (Lipinski definition) is 1. The van der Waals surface area contributed by atoms with Gasteiger partial charge in [-0.1, -0.05) is 39.0 Å². The third-order valence-corrected chi connectivity index (χ3v) is 7.11. The summed E-state index contributed by atoms with van der Waals surface area (Å²) in [5, 5.41) is 5.25. The molecule has 26 heavy (non-hydrogen) atoms. The van der Waals surface area contributed by atoms with E-state index < -0.39 is 11.3 Å². The van der Waals surface area contributed by atoms with Crippen molar-refractivity contribution in [1.82, 2.24) is 0 Å². The van der Waals surface area contributed by atoms with E-state index in [1.807, 2.05) is 6.08 Å². The Hall–Kier alpha value is -1.46. The Labute approximate surface area is 158 Å². The molecular formula is C21H27NO3S. The highest BCUT2D eigenvalue weighted by Crippen LogP contribution is 2.58. The highest BCUT2D eigenvalue weighted by molar-refractivity contribution is 7.77. The van der Waals surface area contributed by atoms with Crippen molar-refractivity contribution in [3.8, 4) is 0 Å². The Kier molecular flexibility index (Phi) is 4.16. The monoisotopic (exact) mass is 373 g/mol. The van der Waals surface area contributed by atoms with E-state index in [4.69, 9.17) is 9.32 Å². The molecule has 0 aromatic carbocycles. The number of hydrogen-bond acceptors (Lipinski definition) is 3. The fourth-order valence-corrected chi connectivity index (χ4v) is 5.63. The van der Waals surface area contributed by atoms with Crippen LogP contribution in [0, 0.1) is 22.7 Å². The van der Waals surface area contributed by atoms with Crippen molar-refractivity contribution in [2.24, 2.45) is 27.8 Å². The van der Waals surface area contributed by atoms with Crippen LogP contribution in [0.5, 0.6) is 0 Å². The summed E-state index contributed by atoms with van der Waals surface area (Å²) in [6.45, 7) is 6.61. The molecule has 3 unspecified atom stereocenters. The summed E-state index contributed by atoms with van der Waals surface area (Å²) in [6, 6.07) is 0. The highest BCUT2D eigenvalue weighted by Gasteiger charge is 2.52. The SMILES string of the molecule is CC1(C)CC(=O)[C@@]2(C)CCC3=C(C=CC4CC(OS(N)=O)=CC=C34)C2C1. The van der Waals surface area contributed by atoms with Crippen LogP contribution in [0.2, 0.25) is 0 Å². The maximum Gasteiger partial charge on any atom is 0.284 e. The predicted octanol–water partition coefficient (Wildman–Crippen LogP) is 4.04. The minimum Gasteiger partial charge on any atom is -0.394 e. The molecule has 1 saturated carbocycles. The lowest BCUT2D eigenvalue weighted by molar-refractivity contribution is -0.138. The van der Waals surface area contributed by atoms with Gasteiger partial charge in [0.1, 0.15) is 11.5 Å². The molecule has 0 bridgehead atoms. The molecule has 4 aliphatic carbocycles. The zero-order valence-electron chi connectivity index (χ0n) is 15.7. The number of fused-ring (bicyclic) bond motifs is 4. The third-order valence-electron chi connectivity index (χ3n) is 6.74. The van der Waals surface area contributed by atoms with Gasteiger partial charge in [0.2, 0.25) is 0 Å². The van der Waals surface area contributed by atoms with E-state index in [1.165, 1.54) is 16.7 Å². The van der Waals surface area contributed by atoms with Gasteiger partial charge in [0.25, 0.3) is 11.3 Å². The summed E-state index contributed by atoms with van der Waals surface area (Å²) in [6.07, 6.45) is 12.8. The highest BCUT2D eigenvalue weighted by atomic mass is 32.2. The van der Waals surface area contributed by atoms with Gasteiger partial charge in [-0.05, 0) is 53.4 Å². The number of ketones is 1. The first-order valence-electron chi connectivity index (χ1n) is 9.40. The zero-order chi connectivity index (χ0) is 18.7. The largest absolute Gasteiger partial charge is 0.394 e. The van der Waals surface area contributed by atoms with Crippen LogP contribution in [-0.2, 0) is 20.2 Å². The van der Waals surface area contributed by atoms with Crippen molar-refractivity contribution >= 4 is 17.0 Å². The molecule has 140 valence electrons. The summed E-state index contributed by atoms with van der Waals surface area (Å²) >= 11 is -1.78. The van der Waals surface area contributed by atoms with E-state index in [0.717, 1.165) is 19.3 Å². The second-order valence-corrected chi connectivity index (χ2v) is 9.83. The van der Waals surface area contributed by atoms with Gasteiger partial charge in [-0.3, -0.25) is 4.79 Å². The molecule has 4 atom stereocenters. The number of Topliss-reactive ketones (excluding diaryl/α,β-unsaturated/α-hetero) is 1. The van der Waals surface area contributed by atoms with Crippen LogP contribution in [0.1, 0.15) is 52.9 Å². The first kappa shape index (κ1) is 17.9. The van der Waals surface area contributed by atoms with Crippen LogP contribution in [0.3, 0.4) is 0 Å². The summed E-state index contributed by atoms with van der Waals surface area (Å²) < 4.78 is 16.3. The van der Waals surface area contributed by atoms with Crippen molar-refractivity contribution in [3.05, 3.63) is 46.8 Å². The molecule has 5 heteroatoms. The first-order chi connectivity index (χ1) is 12.2. The lowest BCUT2D eigenvalue weighted by Crippen LogP contribution is -2.48. The molecule has 0 aromatic rings. The minimum atomic E-state index is -1.78. The van der Waals surface area contributed by atoms with E-state index >= 15 is 0 Å². The summed E-state index contributed by atoms with van der Waals surface area (Å²) in [4.78, 5) is 12.9. The van der Waals surface area contributed by atoms with Gasteiger partial charge >= 0.3 is 0 Å². The van der Waals surface area contributed by atoms with Crippen LogP contribution < -0.4 is 5.14 Å². The van der Waals surface area contributed by atoms with Gasteiger partial charge in [-0.15, -0.1) is 0 Å². The maximum absolute atomic E-state index is 12.9. The molecule has 0 heterocycles. The number of nitrogens with two attached hydrogens (primary N) is 1. The number of carbonyl (C=O) groups is 1. The molecule has 0 aliphatic heterocycles. The van der Waals surface area contributed by atoms with Crippen LogP contribution in [-0.4, -0.2) is 9.99 Å². The molecule has 0 radical (unpaired) electrons. The summed E-state index contributed by atoms with van der Waals surface area (Å²) in [5.74, 6) is 1.65. The van der Waals surface area contributed by atoms with Crippen LogP contribution in [0.25, 0.3) is 0 Å². The van der Waals surface area contributed by atoms with Crippen LogP contribution >= 0.6 is 0 Å². The molecule has 2 N–H and O–H groups in total. The van der Waals surface area contributed by atoms with Crippen molar-refractivity contribution in [2.45, 2.75) is 52.9 Å². The van der Waals surface area contributed by atoms with E-state index in [1.54, 1.807) is 0 Å². The minimum absolute atomic E-state index is 0.0639. The van der Waals surface area contributed by atoms with Crippen LogP contribution in [0.15, 0.2) is 46.8 Å². The fraction of sp³-hybridized carbons (Fsp3) is 0.571. The normalized spacial score (nSPS) is 36.4. The Morgan fingerprint density at radius 2 is 2.04 bits per heavy atom. The third kappa shape index (κ3) is 2.85. The Morgan fingerprint density at radius 3 is 2.77 bits per heavy atom. The molecule has 0 spiro atoms. The molecule has 4 nitrogen and oxygen atoms in total. The van der Waals surface area contributed by atoms with Crippen molar-refractivity contribution in [2.75, 3.05) is 0 Å². The maximum atomic E-state index is 12.9. The van der Waals surface area contributed by atoms with Crippen molar-refractivity contribution in [1.29, 1.82) is 0 Å². The lowest BCUT2D eigenvalue weighted by Gasteiger charge is -2.51. The molecule has 4 rings (SSSR count). The zero-order valence-corrected chi connectivity index (χ0v) is 16.5. The van der Waals surface area contributed by atoms with Gasteiger partial charge in [0.05, 0.1) is 0 Å². The van der Waals surface area contributed by atoms with E-state index in [9.17, 15) is 9.00 Å². The molecule has 4 aliphatic rings. The standard InChI is InChI=1S/C21H27NO3S/c1-20(2)11-18-17-6-4-13-10-14(25-26(22)24)5-7-15(13)16(17)8-9-21(18,3)19(23)12-20/h4-7,13,18H,8-12,22H2,1-3H3/t13?,18?,21-,26?/m0/s1. The molecular weight excluding hydrogens is 346 g/mol. The average Bonchev–Trinajstić information content (AvgIpc) is 2.54. The topological polar surface area (TPSA) is 69.4 Å². The van der Waals surface area contributed by atoms with Gasteiger partial charge < -0.3 is 4.18 Å². The average molecular weight is 374 g/mol. The second-order valence-electron chi connectivity index (χ2n) is 9.14. The number of carbonyl (C=O) groups excluding carboxylic acids is 1. The Bertz CT molecular complexity index is 817. The lowest BCUT2D eigenvalue weighted by atomic mass is 9.51. The molecule has 0 saturated heterocycles. The number of rotatable bonds is 2. The second kappa shape index (κ2) is 6.03. The quantitative estimate of drug-likeness (QED) is 0.794. The van der Waals surface area contributed by atoms with Gasteiger partial charge in [-0.25, -0.2) is 5.14 Å². The van der Waals surface area contributed by atoms with Crippen molar-refractivity contribution in [3.63, 3.8) is 0 Å². The molecule has 0 amide bonds. The summed E-state index contributed by atoms with van der Waals surface area (Å²) in [7, 11) is 0. The van der Waals surface area contributed by atoms with Gasteiger partial charge in [0.15, 0.2) is 0 Å². The van der Waals surface area contributed by atoms with E-state index in [2.05, 4.69) is 39.0 Å². The van der Waals surface area contributed by atoms with E-state index in [0.29, 0.717) is 30.3 Å². The van der Waals surface area contributed by atoms with Gasteiger partial charge in [-0.2, -0.15) is 4.21 Å². The first-order valence-corrected chi connectivity index (χ1v) is 10.5. The smallest absolute Gasteiger partial charge is 0.284 e. The molecule has 0 aromatic heterocycles. The molecule has 1 fully saturated rings. The Morgan fingerprint density at radius 1 is 1.27 bits per heavy atom. The number of allylic oxidation sites excluding steroid dienone is 8. The predicted molar refractivity (Wildman–Crippen MR) is 103 cm³/mol. The van der Waals surface area contributed by atoms with Gasteiger partial charge in [0, 0.05) is 24.2 Å².